The molecular formula is C34H29N5O4. The van der Waals surface area contributed by atoms with Crippen LogP contribution in [0.2, 0.25) is 0 Å². The Balaban J connectivity index is 1.37. The van der Waals surface area contributed by atoms with Gasteiger partial charge in [-0.25, -0.2) is 10.2 Å². The van der Waals surface area contributed by atoms with Gasteiger partial charge >= 0.3 is 6.09 Å². The third kappa shape index (κ3) is 6.46. The number of aromatic nitrogens is 3. The van der Waals surface area contributed by atoms with Crippen molar-refractivity contribution in [2.75, 3.05) is 0 Å². The lowest BCUT2D eigenvalue weighted by atomic mass is 9.96. The quantitative estimate of drug-likeness (QED) is 0.182. The molecule has 43 heavy (non-hydrogen) atoms. The number of amides is 1. The van der Waals surface area contributed by atoms with Gasteiger partial charge in [-0.1, -0.05) is 72.8 Å². The van der Waals surface area contributed by atoms with Gasteiger partial charge in [0.25, 0.3) is 0 Å². The number of carbonyl (C=O) groups is 2. The fraction of sp³-hybridized carbons (Fsp3) is 0.118. The Bertz CT molecular complexity index is 1770. The van der Waals surface area contributed by atoms with E-state index in [1.807, 2.05) is 85.1 Å². The molecular weight excluding hydrogens is 542 g/mol. The van der Waals surface area contributed by atoms with Crippen LogP contribution >= 0.6 is 0 Å². The van der Waals surface area contributed by atoms with Crippen LogP contribution in [0.15, 0.2) is 121 Å². The Kier molecular flexibility index (Phi) is 7.95. The molecule has 0 saturated carbocycles. The number of rotatable bonds is 8. The summed E-state index contributed by atoms with van der Waals surface area (Å²) in [5.41, 5.74) is 7.60. The summed E-state index contributed by atoms with van der Waals surface area (Å²) in [6, 6.07) is 30.4. The van der Waals surface area contributed by atoms with E-state index in [1.165, 1.54) is 11.2 Å². The second-order valence-corrected chi connectivity index (χ2v) is 10.2. The van der Waals surface area contributed by atoms with Gasteiger partial charge in [0.05, 0.1) is 13.1 Å². The van der Waals surface area contributed by atoms with E-state index in [-0.39, 0.29) is 30.3 Å². The monoisotopic (exact) mass is 571 g/mol. The number of hydrogen-bond donors (Lipinski definition) is 2. The Morgan fingerprint density at radius 1 is 0.860 bits per heavy atom. The number of benzene rings is 3. The Labute approximate surface area is 248 Å². The molecule has 0 atom stereocenters. The zero-order valence-corrected chi connectivity index (χ0v) is 23.3. The van der Waals surface area contributed by atoms with Gasteiger partial charge in [0.1, 0.15) is 18.0 Å². The van der Waals surface area contributed by atoms with Crippen LogP contribution < -0.4 is 5.43 Å². The molecule has 0 spiro atoms. The van der Waals surface area contributed by atoms with E-state index in [2.05, 4.69) is 21.6 Å². The average Bonchev–Trinajstić information content (AvgIpc) is 3.54. The van der Waals surface area contributed by atoms with E-state index >= 15 is 0 Å². The minimum atomic E-state index is -0.758. The van der Waals surface area contributed by atoms with Crippen LogP contribution in [0.25, 0.3) is 5.76 Å². The fourth-order valence-corrected chi connectivity index (χ4v) is 5.09. The van der Waals surface area contributed by atoms with E-state index < -0.39 is 11.9 Å². The van der Waals surface area contributed by atoms with Crippen molar-refractivity contribution in [2.24, 2.45) is 0 Å². The largest absolute Gasteiger partial charge is 0.505 e. The summed E-state index contributed by atoms with van der Waals surface area (Å²) in [5, 5.41) is 17.4. The minimum absolute atomic E-state index is 0.0515. The molecule has 0 radical (unpaired) electrons. The van der Waals surface area contributed by atoms with E-state index in [9.17, 15) is 14.7 Å². The number of pyridine rings is 1. The second kappa shape index (κ2) is 12.4. The van der Waals surface area contributed by atoms with Gasteiger partial charge in [0.2, 0.25) is 5.78 Å². The van der Waals surface area contributed by atoms with Gasteiger partial charge in [-0.05, 0) is 52.9 Å². The highest BCUT2D eigenvalue weighted by Gasteiger charge is 2.34. The summed E-state index contributed by atoms with van der Waals surface area (Å²) in [5.74, 6) is -0.786. The standard InChI is InChI=1S/C34H29N5O4/c40-32(29-19-26(17-24-9-3-1-4-10-24)18-27(20-29)21-38-16-8-15-36-38)31-33(41)30-28(13-7-14-35-30)22-39(31)37-34(42)43-23-25-11-5-2-6-12-25/h1-16,18-20,40H,17,21-23H2,(H,37,42). The Morgan fingerprint density at radius 3 is 2.35 bits per heavy atom. The third-order valence-electron chi connectivity index (χ3n) is 7.06. The highest BCUT2D eigenvalue weighted by Crippen LogP contribution is 2.30. The molecule has 5 aromatic rings. The van der Waals surface area contributed by atoms with Crippen molar-refractivity contribution in [2.45, 2.75) is 26.1 Å². The topological polar surface area (TPSA) is 110 Å². The van der Waals surface area contributed by atoms with Crippen molar-refractivity contribution in [1.82, 2.24) is 25.2 Å². The number of hydrazine groups is 1. The van der Waals surface area contributed by atoms with E-state index in [4.69, 9.17) is 4.74 Å². The molecule has 3 heterocycles. The molecule has 1 aliphatic heterocycles. The van der Waals surface area contributed by atoms with Crippen molar-refractivity contribution < 1.29 is 19.4 Å². The highest BCUT2D eigenvalue weighted by molar-refractivity contribution is 6.12. The van der Waals surface area contributed by atoms with Gasteiger partial charge in [0.15, 0.2) is 5.76 Å². The van der Waals surface area contributed by atoms with Crippen molar-refractivity contribution >= 4 is 17.6 Å². The molecule has 0 saturated heterocycles. The number of Topliss-reactive ketones (excluding diaryl/α,β-unsaturated/α-hetero) is 1. The number of carbonyl (C=O) groups excluding carboxylic acids is 2. The first-order valence-corrected chi connectivity index (χ1v) is 13.8. The van der Waals surface area contributed by atoms with Crippen molar-refractivity contribution in [3.8, 4) is 0 Å². The predicted molar refractivity (Wildman–Crippen MR) is 160 cm³/mol. The Hall–Kier alpha value is -5.70. The number of hydrogen-bond acceptors (Lipinski definition) is 7. The Morgan fingerprint density at radius 2 is 1.60 bits per heavy atom. The summed E-state index contributed by atoms with van der Waals surface area (Å²) < 4.78 is 7.21. The van der Waals surface area contributed by atoms with Crippen LogP contribution in [-0.4, -0.2) is 36.8 Å². The predicted octanol–water partition coefficient (Wildman–Crippen LogP) is 5.68. The molecule has 2 N–H and O–H groups in total. The van der Waals surface area contributed by atoms with E-state index in [1.54, 1.807) is 23.0 Å². The third-order valence-corrected chi connectivity index (χ3v) is 7.06. The molecule has 9 heteroatoms. The maximum absolute atomic E-state index is 13.8. The van der Waals surface area contributed by atoms with Crippen molar-refractivity contribution in [1.29, 1.82) is 0 Å². The molecule has 9 nitrogen and oxygen atoms in total. The zero-order valence-electron chi connectivity index (χ0n) is 23.3. The summed E-state index contributed by atoms with van der Waals surface area (Å²) >= 11 is 0. The lowest BCUT2D eigenvalue weighted by Crippen LogP contribution is -2.46. The van der Waals surface area contributed by atoms with Gasteiger partial charge in [-0.15, -0.1) is 0 Å². The first kappa shape index (κ1) is 27.5. The van der Waals surface area contributed by atoms with Crippen LogP contribution in [0.4, 0.5) is 4.79 Å². The second-order valence-electron chi connectivity index (χ2n) is 10.2. The highest BCUT2D eigenvalue weighted by atomic mass is 16.6. The fourth-order valence-electron chi connectivity index (χ4n) is 5.09. The molecule has 1 aliphatic rings. The normalized spacial score (nSPS) is 13.8. The number of nitrogens with zero attached hydrogens (tertiary/aromatic N) is 4. The number of aliphatic hydroxyl groups is 1. The number of ketones is 1. The SMILES string of the molecule is O=C(NN1Cc2cccnc2C(=O)C1=C(O)c1cc(Cc2ccccc2)cc(Cn2cccn2)c1)OCc1ccccc1. The number of fused-ring (bicyclic) bond motifs is 1. The van der Waals surface area contributed by atoms with Crippen LogP contribution in [-0.2, 0) is 30.9 Å². The minimum Gasteiger partial charge on any atom is -0.505 e. The summed E-state index contributed by atoms with van der Waals surface area (Å²) in [7, 11) is 0. The van der Waals surface area contributed by atoms with Gasteiger partial charge in [-0.2, -0.15) is 5.10 Å². The lowest BCUT2D eigenvalue weighted by molar-refractivity contribution is 0.0867. The van der Waals surface area contributed by atoms with Gasteiger partial charge < -0.3 is 9.84 Å². The molecule has 2 aromatic heterocycles. The number of aliphatic hydroxyl groups excluding tert-OH is 1. The van der Waals surface area contributed by atoms with E-state index in [0.717, 1.165) is 22.3 Å². The maximum atomic E-state index is 13.8. The van der Waals surface area contributed by atoms with Gasteiger partial charge in [-0.3, -0.25) is 19.5 Å². The van der Waals surface area contributed by atoms with E-state index in [0.29, 0.717) is 24.1 Å². The van der Waals surface area contributed by atoms with Gasteiger partial charge in [0, 0.05) is 29.7 Å². The molecule has 0 unspecified atom stereocenters. The number of nitrogens with one attached hydrogen (secondary N) is 1. The summed E-state index contributed by atoms with van der Waals surface area (Å²) in [6.07, 6.45) is 4.97. The average molecular weight is 572 g/mol. The molecule has 0 bridgehead atoms. The van der Waals surface area contributed by atoms with Crippen LogP contribution in [0.1, 0.15) is 43.9 Å². The molecule has 6 rings (SSSR count). The first-order valence-electron chi connectivity index (χ1n) is 13.8. The number of allylic oxidation sites excluding steroid dienone is 1. The molecule has 1 amide bonds. The summed E-state index contributed by atoms with van der Waals surface area (Å²) in [4.78, 5) is 31.0. The zero-order chi connectivity index (χ0) is 29.6. The van der Waals surface area contributed by atoms with Crippen molar-refractivity contribution in [3.05, 3.63) is 160 Å². The van der Waals surface area contributed by atoms with Crippen LogP contribution in [0.3, 0.4) is 0 Å². The number of ether oxygens (including phenoxy) is 1. The first-order chi connectivity index (χ1) is 21.0. The smallest absolute Gasteiger partial charge is 0.426 e. The maximum Gasteiger partial charge on any atom is 0.426 e. The molecule has 0 fully saturated rings. The molecule has 3 aromatic carbocycles. The van der Waals surface area contributed by atoms with Crippen molar-refractivity contribution in [3.63, 3.8) is 0 Å². The van der Waals surface area contributed by atoms with Crippen LogP contribution in [0.5, 0.6) is 0 Å². The lowest BCUT2D eigenvalue weighted by Gasteiger charge is -2.31. The summed E-state index contributed by atoms with van der Waals surface area (Å²) in [6.45, 7) is 0.631. The molecule has 0 aliphatic carbocycles. The molecule has 214 valence electrons. The van der Waals surface area contributed by atoms with Crippen LogP contribution in [0, 0.1) is 0 Å².